The van der Waals surface area contributed by atoms with Crippen LogP contribution in [0.1, 0.15) is 18.1 Å². The molecule has 0 saturated carbocycles. The van der Waals surface area contributed by atoms with Crippen LogP contribution in [0.2, 0.25) is 0 Å². The molecule has 0 fully saturated rings. The molecule has 2 aromatic rings. The number of hydrogen-bond donors (Lipinski definition) is 2. The molecule has 0 saturated heterocycles. The molecule has 1 aliphatic heterocycles. The third-order valence-electron chi connectivity index (χ3n) is 4.27. The Balaban J connectivity index is 0.00000225. The van der Waals surface area contributed by atoms with Crippen molar-refractivity contribution in [1.82, 2.24) is 4.90 Å². The Hall–Kier alpha value is -2.24. The van der Waals surface area contributed by atoms with Crippen LogP contribution in [0, 0.1) is 6.92 Å². The Labute approximate surface area is 153 Å². The van der Waals surface area contributed by atoms with E-state index in [2.05, 4.69) is 0 Å². The molecule has 1 amide bonds. The summed E-state index contributed by atoms with van der Waals surface area (Å²) in [5.74, 6) is 0.431. The lowest BCUT2D eigenvalue weighted by Gasteiger charge is -2.22. The highest BCUT2D eigenvalue weighted by Crippen LogP contribution is 2.38. The first-order valence-electron chi connectivity index (χ1n) is 8.06. The summed E-state index contributed by atoms with van der Waals surface area (Å²) in [7, 11) is 0. The largest absolute Gasteiger partial charge is 0.504 e. The fraction of sp³-hybridized carbons (Fsp3) is 0.316. The number of carbonyl (C=O) groups is 1. The predicted octanol–water partition coefficient (Wildman–Crippen LogP) is 2.86. The summed E-state index contributed by atoms with van der Waals surface area (Å²) >= 11 is 0. The van der Waals surface area contributed by atoms with E-state index in [1.165, 1.54) is 0 Å². The van der Waals surface area contributed by atoms with Gasteiger partial charge < -0.3 is 20.5 Å². The molecule has 3 N–H and O–H groups in total. The molecule has 3 rings (SSSR count). The highest BCUT2D eigenvalue weighted by Gasteiger charge is 2.24. The topological polar surface area (TPSA) is 75.8 Å². The third-order valence-corrected chi connectivity index (χ3v) is 4.27. The van der Waals surface area contributed by atoms with Crippen molar-refractivity contribution in [2.75, 3.05) is 13.2 Å². The van der Waals surface area contributed by atoms with Crippen molar-refractivity contribution in [3.8, 4) is 22.6 Å². The van der Waals surface area contributed by atoms with Crippen LogP contribution in [-0.4, -0.2) is 35.1 Å². The highest BCUT2D eigenvalue weighted by atomic mass is 35.5. The molecule has 0 bridgehead atoms. The molecule has 0 aliphatic carbocycles. The van der Waals surface area contributed by atoms with E-state index in [-0.39, 0.29) is 24.1 Å². The van der Waals surface area contributed by atoms with Crippen LogP contribution >= 0.6 is 12.4 Å². The fourth-order valence-corrected chi connectivity index (χ4v) is 3.03. The van der Waals surface area contributed by atoms with E-state index in [0.29, 0.717) is 25.4 Å². The molecule has 2 aromatic carbocycles. The van der Waals surface area contributed by atoms with Crippen LogP contribution in [0.3, 0.4) is 0 Å². The first-order chi connectivity index (χ1) is 11.5. The summed E-state index contributed by atoms with van der Waals surface area (Å²) in [6, 6.07) is 11.1. The van der Waals surface area contributed by atoms with Crippen LogP contribution in [0.25, 0.3) is 11.1 Å². The van der Waals surface area contributed by atoms with E-state index in [9.17, 15) is 9.90 Å². The second kappa shape index (κ2) is 7.76. The van der Waals surface area contributed by atoms with Gasteiger partial charge in [-0.1, -0.05) is 24.3 Å². The molecule has 134 valence electrons. The second-order valence-corrected chi connectivity index (χ2v) is 6.20. The van der Waals surface area contributed by atoms with Crippen molar-refractivity contribution in [3.05, 3.63) is 47.5 Å². The van der Waals surface area contributed by atoms with Gasteiger partial charge in [-0.2, -0.15) is 0 Å². The zero-order chi connectivity index (χ0) is 17.3. The predicted molar refractivity (Wildman–Crippen MR) is 100 cm³/mol. The van der Waals surface area contributed by atoms with Gasteiger partial charge >= 0.3 is 0 Å². The molecular formula is C19H23ClN2O3. The van der Waals surface area contributed by atoms with Gasteiger partial charge in [-0.15, -0.1) is 12.4 Å². The summed E-state index contributed by atoms with van der Waals surface area (Å²) < 4.78 is 5.68. The molecule has 0 unspecified atom stereocenters. The minimum atomic E-state index is -0.556. The number of benzene rings is 2. The second-order valence-electron chi connectivity index (χ2n) is 6.20. The smallest absolute Gasteiger partial charge is 0.239 e. The Morgan fingerprint density at radius 3 is 2.72 bits per heavy atom. The molecular weight excluding hydrogens is 340 g/mol. The molecule has 1 aliphatic rings. The molecule has 0 aromatic heterocycles. The monoisotopic (exact) mass is 362 g/mol. The van der Waals surface area contributed by atoms with Crippen molar-refractivity contribution in [2.24, 2.45) is 5.73 Å². The number of nitrogens with two attached hydrogens (primary N) is 1. The lowest BCUT2D eigenvalue weighted by atomic mass is 9.97. The van der Waals surface area contributed by atoms with Crippen molar-refractivity contribution < 1.29 is 14.6 Å². The maximum absolute atomic E-state index is 12.2. The molecule has 1 atom stereocenters. The van der Waals surface area contributed by atoms with Crippen LogP contribution in [0.4, 0.5) is 0 Å². The van der Waals surface area contributed by atoms with Gasteiger partial charge in [0.05, 0.1) is 12.6 Å². The minimum Gasteiger partial charge on any atom is -0.504 e. The summed E-state index contributed by atoms with van der Waals surface area (Å²) in [4.78, 5) is 13.9. The molecule has 0 radical (unpaired) electrons. The van der Waals surface area contributed by atoms with Crippen LogP contribution in [0.5, 0.6) is 11.5 Å². The number of rotatable bonds is 2. The zero-order valence-corrected chi connectivity index (χ0v) is 15.2. The lowest BCUT2D eigenvalue weighted by Crippen LogP contribution is -2.42. The van der Waals surface area contributed by atoms with E-state index in [0.717, 1.165) is 22.3 Å². The molecule has 1 heterocycles. The number of phenolic OH excluding ortho intramolecular Hbond substituents is 1. The van der Waals surface area contributed by atoms with E-state index < -0.39 is 6.04 Å². The highest BCUT2D eigenvalue weighted by molar-refractivity contribution is 5.85. The summed E-state index contributed by atoms with van der Waals surface area (Å²) in [5, 5.41) is 10.4. The Kier molecular flexibility index (Phi) is 5.93. The van der Waals surface area contributed by atoms with Crippen molar-refractivity contribution in [1.29, 1.82) is 0 Å². The SMILES string of the molecule is Cc1ccccc1-c1cc(O)c2c(c1)CN(C(=O)[C@@H](C)N)CCO2.Cl. The number of aryl methyl sites for hydroxylation is 1. The standard InChI is InChI=1S/C19H22N2O3.ClH/c1-12-5-3-4-6-16(12)14-9-15-11-21(19(23)13(2)20)7-8-24-18(15)17(22)10-14;/h3-6,9-10,13,22H,7-8,11,20H2,1-2H3;1H/t13-;/m1./s1. The van der Waals surface area contributed by atoms with E-state index in [4.69, 9.17) is 10.5 Å². The average molecular weight is 363 g/mol. The third kappa shape index (κ3) is 3.89. The normalized spacial score (nSPS) is 14.6. The van der Waals surface area contributed by atoms with Gasteiger partial charge in [-0.05, 0) is 42.7 Å². The molecule has 0 spiro atoms. The fourth-order valence-electron chi connectivity index (χ4n) is 3.03. The summed E-state index contributed by atoms with van der Waals surface area (Å²) in [6.45, 7) is 4.87. The van der Waals surface area contributed by atoms with Crippen molar-refractivity contribution >= 4 is 18.3 Å². The van der Waals surface area contributed by atoms with Crippen molar-refractivity contribution in [3.63, 3.8) is 0 Å². The number of halogens is 1. The first-order valence-corrected chi connectivity index (χ1v) is 8.06. The Bertz CT molecular complexity index is 777. The van der Waals surface area contributed by atoms with Crippen LogP contribution in [-0.2, 0) is 11.3 Å². The Morgan fingerprint density at radius 2 is 2.04 bits per heavy atom. The minimum absolute atomic E-state index is 0. The summed E-state index contributed by atoms with van der Waals surface area (Å²) in [5.41, 5.74) is 9.59. The van der Waals surface area contributed by atoms with Gasteiger partial charge in [0.25, 0.3) is 0 Å². The number of hydrogen-bond acceptors (Lipinski definition) is 4. The summed E-state index contributed by atoms with van der Waals surface area (Å²) in [6.07, 6.45) is 0. The number of ether oxygens (including phenoxy) is 1. The van der Waals surface area contributed by atoms with Crippen molar-refractivity contribution in [2.45, 2.75) is 26.4 Å². The van der Waals surface area contributed by atoms with E-state index in [1.807, 2.05) is 37.3 Å². The number of aromatic hydroxyl groups is 1. The van der Waals surface area contributed by atoms with Gasteiger partial charge in [0.2, 0.25) is 5.91 Å². The number of phenols is 1. The quantitative estimate of drug-likeness (QED) is 0.861. The number of nitrogens with zero attached hydrogens (tertiary/aromatic N) is 1. The maximum atomic E-state index is 12.2. The maximum Gasteiger partial charge on any atom is 0.239 e. The van der Waals surface area contributed by atoms with Crippen LogP contribution < -0.4 is 10.5 Å². The first kappa shape index (κ1) is 19.1. The van der Waals surface area contributed by atoms with Crippen LogP contribution in [0.15, 0.2) is 36.4 Å². The molecule has 25 heavy (non-hydrogen) atoms. The number of carbonyl (C=O) groups excluding carboxylic acids is 1. The molecule has 6 heteroatoms. The average Bonchev–Trinajstić information content (AvgIpc) is 2.77. The zero-order valence-electron chi connectivity index (χ0n) is 14.4. The van der Waals surface area contributed by atoms with Gasteiger partial charge in [0.1, 0.15) is 6.61 Å². The van der Waals surface area contributed by atoms with E-state index >= 15 is 0 Å². The van der Waals surface area contributed by atoms with E-state index in [1.54, 1.807) is 17.9 Å². The lowest BCUT2D eigenvalue weighted by molar-refractivity contribution is -0.132. The van der Waals surface area contributed by atoms with Gasteiger partial charge in [-0.3, -0.25) is 4.79 Å². The van der Waals surface area contributed by atoms with Gasteiger partial charge in [0, 0.05) is 12.1 Å². The molecule has 5 nitrogen and oxygen atoms in total. The van der Waals surface area contributed by atoms with Gasteiger partial charge in [-0.25, -0.2) is 0 Å². The Morgan fingerprint density at radius 1 is 1.32 bits per heavy atom. The number of fused-ring (bicyclic) bond motifs is 1. The van der Waals surface area contributed by atoms with Gasteiger partial charge in [0.15, 0.2) is 11.5 Å². The number of amides is 1.